The van der Waals surface area contributed by atoms with E-state index in [9.17, 15) is 19.7 Å². The van der Waals surface area contributed by atoms with Crippen LogP contribution < -0.4 is 4.74 Å². The largest absolute Gasteiger partial charge is 0.514 e. The van der Waals surface area contributed by atoms with Crippen LogP contribution in [0.1, 0.15) is 38.5 Å². The minimum atomic E-state index is -0.985. The van der Waals surface area contributed by atoms with Gasteiger partial charge in [-0.05, 0) is 24.5 Å². The maximum atomic E-state index is 12.9. The summed E-state index contributed by atoms with van der Waals surface area (Å²) >= 11 is 0. The van der Waals surface area contributed by atoms with E-state index >= 15 is 0 Å². The molecule has 0 N–H and O–H groups in total. The minimum absolute atomic E-state index is 0.108. The number of nitrogens with zero attached hydrogens (tertiary/aromatic N) is 2. The molecule has 3 rings (SSSR count). The highest BCUT2D eigenvalue weighted by atomic mass is 16.7. The molecule has 2 fully saturated rings. The lowest BCUT2D eigenvalue weighted by Gasteiger charge is -2.32. The first kappa shape index (κ1) is 21.0. The zero-order valence-electron chi connectivity index (χ0n) is 16.3. The van der Waals surface area contributed by atoms with Gasteiger partial charge in [-0.2, -0.15) is 0 Å². The Bertz CT molecular complexity index is 710. The molecule has 0 spiro atoms. The predicted octanol–water partition coefficient (Wildman–Crippen LogP) is 3.31. The zero-order chi connectivity index (χ0) is 20.6. The second kappa shape index (κ2) is 10.2. The molecule has 1 heterocycles. The molecular formula is C20H26N2O7. The number of carbonyl (C=O) groups is 2. The van der Waals surface area contributed by atoms with E-state index < -0.39 is 17.2 Å². The highest BCUT2D eigenvalue weighted by molar-refractivity contribution is 5.83. The van der Waals surface area contributed by atoms with Gasteiger partial charge in [-0.25, -0.2) is 4.79 Å². The maximum absolute atomic E-state index is 12.9. The fourth-order valence-corrected chi connectivity index (χ4v) is 3.78. The third-order valence-corrected chi connectivity index (χ3v) is 5.36. The molecule has 1 atom stereocenters. The topological polar surface area (TPSA) is 108 Å². The van der Waals surface area contributed by atoms with Gasteiger partial charge in [0.2, 0.25) is 0 Å². The summed E-state index contributed by atoms with van der Waals surface area (Å²) in [4.78, 5) is 37.1. The van der Waals surface area contributed by atoms with Gasteiger partial charge in [-0.15, -0.1) is 0 Å². The van der Waals surface area contributed by atoms with Crippen molar-refractivity contribution in [3.63, 3.8) is 0 Å². The summed E-state index contributed by atoms with van der Waals surface area (Å²) in [7, 11) is 0. The van der Waals surface area contributed by atoms with Crippen LogP contribution in [0.15, 0.2) is 24.3 Å². The van der Waals surface area contributed by atoms with Crippen molar-refractivity contribution in [1.29, 1.82) is 0 Å². The van der Waals surface area contributed by atoms with Crippen molar-refractivity contribution in [2.75, 3.05) is 26.3 Å². The summed E-state index contributed by atoms with van der Waals surface area (Å²) < 4.78 is 15.8. The first-order chi connectivity index (χ1) is 14.0. The number of amides is 1. The molecule has 1 amide bonds. The quantitative estimate of drug-likeness (QED) is 0.309. The highest BCUT2D eigenvalue weighted by Gasteiger charge is 2.32. The first-order valence-corrected chi connectivity index (χ1v) is 10.0. The Labute approximate surface area is 169 Å². The Morgan fingerprint density at radius 2 is 1.79 bits per heavy atom. The second-order valence-electron chi connectivity index (χ2n) is 7.39. The van der Waals surface area contributed by atoms with Crippen LogP contribution in [0.25, 0.3) is 0 Å². The molecule has 1 saturated carbocycles. The maximum Gasteiger partial charge on any atom is 0.514 e. The van der Waals surface area contributed by atoms with E-state index in [4.69, 9.17) is 14.2 Å². The highest BCUT2D eigenvalue weighted by Crippen LogP contribution is 2.29. The van der Waals surface area contributed by atoms with Gasteiger partial charge >= 0.3 is 6.16 Å². The van der Waals surface area contributed by atoms with Gasteiger partial charge in [0.1, 0.15) is 5.75 Å². The molecule has 1 aliphatic heterocycles. The summed E-state index contributed by atoms with van der Waals surface area (Å²) in [6.07, 6.45) is 4.07. The van der Waals surface area contributed by atoms with E-state index in [2.05, 4.69) is 0 Å². The van der Waals surface area contributed by atoms with Crippen LogP contribution in [0.4, 0.5) is 10.5 Å². The standard InChI is InChI=1S/C20H26N2O7/c23-19(21-10-12-27-13-11-21)18(14-15-4-2-1-3-5-15)29-20(24)28-17-8-6-16(7-9-17)22(25)26/h6-9,15,18H,1-5,10-14H2/t18-/m0/s1. The van der Waals surface area contributed by atoms with Gasteiger partial charge in [-0.1, -0.05) is 32.1 Å². The fraction of sp³-hybridized carbons (Fsp3) is 0.600. The average molecular weight is 406 g/mol. The molecule has 0 aromatic heterocycles. The Morgan fingerprint density at radius 1 is 1.14 bits per heavy atom. The van der Waals surface area contributed by atoms with Crippen molar-refractivity contribution in [3.05, 3.63) is 34.4 Å². The minimum Gasteiger partial charge on any atom is -0.421 e. The number of morpholine rings is 1. The van der Waals surface area contributed by atoms with Crippen molar-refractivity contribution in [2.45, 2.75) is 44.6 Å². The van der Waals surface area contributed by atoms with Crippen LogP contribution in [0, 0.1) is 16.0 Å². The Hall–Kier alpha value is -2.68. The monoisotopic (exact) mass is 406 g/mol. The lowest BCUT2D eigenvalue weighted by molar-refractivity contribution is -0.384. The number of nitro benzene ring substituents is 1. The number of non-ortho nitro benzene ring substituents is 1. The molecule has 2 aliphatic rings. The molecular weight excluding hydrogens is 380 g/mol. The van der Waals surface area contributed by atoms with E-state index in [0.29, 0.717) is 38.6 Å². The van der Waals surface area contributed by atoms with Crippen LogP contribution in [0.5, 0.6) is 5.75 Å². The van der Waals surface area contributed by atoms with Gasteiger partial charge < -0.3 is 19.1 Å². The summed E-state index contributed by atoms with van der Waals surface area (Å²) in [5, 5.41) is 10.7. The Kier molecular flexibility index (Phi) is 7.40. The molecule has 29 heavy (non-hydrogen) atoms. The number of hydrogen-bond acceptors (Lipinski definition) is 7. The van der Waals surface area contributed by atoms with Crippen LogP contribution in [-0.4, -0.2) is 54.3 Å². The van der Waals surface area contributed by atoms with E-state index in [-0.39, 0.29) is 17.3 Å². The SMILES string of the molecule is O=C(Oc1ccc([N+](=O)[O-])cc1)O[C@@H](CC1CCCCC1)C(=O)N1CCOCC1. The van der Waals surface area contributed by atoms with Crippen LogP contribution in [-0.2, 0) is 14.3 Å². The molecule has 1 saturated heterocycles. The van der Waals surface area contributed by atoms with E-state index in [1.54, 1.807) is 4.90 Å². The second-order valence-corrected chi connectivity index (χ2v) is 7.39. The number of benzene rings is 1. The first-order valence-electron chi connectivity index (χ1n) is 10.0. The molecule has 158 valence electrons. The van der Waals surface area contributed by atoms with Gasteiger partial charge in [-0.3, -0.25) is 14.9 Å². The zero-order valence-corrected chi connectivity index (χ0v) is 16.3. The van der Waals surface area contributed by atoms with Crippen molar-refractivity contribution in [2.24, 2.45) is 5.92 Å². The third kappa shape index (κ3) is 6.15. The molecule has 0 unspecified atom stereocenters. The van der Waals surface area contributed by atoms with Gasteiger partial charge in [0, 0.05) is 25.2 Å². The number of nitro groups is 1. The lowest BCUT2D eigenvalue weighted by atomic mass is 9.85. The van der Waals surface area contributed by atoms with Gasteiger partial charge in [0.05, 0.1) is 18.1 Å². The number of carbonyl (C=O) groups excluding carboxylic acids is 2. The van der Waals surface area contributed by atoms with Crippen LogP contribution >= 0.6 is 0 Å². The Morgan fingerprint density at radius 3 is 2.41 bits per heavy atom. The van der Waals surface area contributed by atoms with Crippen molar-refractivity contribution >= 4 is 17.7 Å². The van der Waals surface area contributed by atoms with E-state index in [1.165, 1.54) is 30.7 Å². The predicted molar refractivity (Wildman–Crippen MR) is 103 cm³/mol. The summed E-state index contributed by atoms with van der Waals surface area (Å²) in [6, 6.07) is 5.11. The molecule has 0 radical (unpaired) electrons. The molecule has 9 heteroatoms. The fourth-order valence-electron chi connectivity index (χ4n) is 3.78. The Balaban J connectivity index is 1.63. The lowest BCUT2D eigenvalue weighted by Crippen LogP contribution is -2.47. The van der Waals surface area contributed by atoms with E-state index in [0.717, 1.165) is 25.7 Å². The van der Waals surface area contributed by atoms with Crippen LogP contribution in [0.3, 0.4) is 0 Å². The molecule has 1 aromatic rings. The smallest absolute Gasteiger partial charge is 0.421 e. The number of ether oxygens (including phenoxy) is 3. The molecule has 9 nitrogen and oxygen atoms in total. The summed E-state index contributed by atoms with van der Waals surface area (Å²) in [5.74, 6) is 0.237. The molecule has 1 aromatic carbocycles. The summed E-state index contributed by atoms with van der Waals surface area (Å²) in [5.41, 5.74) is -0.108. The van der Waals surface area contributed by atoms with Gasteiger partial charge in [0.25, 0.3) is 11.6 Å². The molecule has 0 bridgehead atoms. The third-order valence-electron chi connectivity index (χ3n) is 5.36. The van der Waals surface area contributed by atoms with Crippen molar-refractivity contribution in [1.82, 2.24) is 4.90 Å². The summed E-state index contributed by atoms with van der Waals surface area (Å²) in [6.45, 7) is 1.88. The number of rotatable bonds is 6. The van der Waals surface area contributed by atoms with Crippen molar-refractivity contribution < 1.29 is 28.7 Å². The van der Waals surface area contributed by atoms with Crippen LogP contribution in [0.2, 0.25) is 0 Å². The van der Waals surface area contributed by atoms with Crippen molar-refractivity contribution in [3.8, 4) is 5.75 Å². The number of hydrogen-bond donors (Lipinski definition) is 0. The average Bonchev–Trinajstić information content (AvgIpc) is 2.74. The normalized spacial score (nSPS) is 18.7. The van der Waals surface area contributed by atoms with E-state index in [1.807, 2.05) is 0 Å². The molecule has 1 aliphatic carbocycles. The van der Waals surface area contributed by atoms with Gasteiger partial charge in [0.15, 0.2) is 6.10 Å².